The smallest absolute Gasteiger partial charge is 0.137 e. The van der Waals surface area contributed by atoms with Gasteiger partial charge in [0.2, 0.25) is 0 Å². The molecule has 0 saturated carbocycles. The number of unbranched alkanes of at least 4 members (excludes halogenated alkanes) is 26. The lowest BCUT2D eigenvalue weighted by atomic mass is 10.0. The summed E-state index contributed by atoms with van der Waals surface area (Å²) in [6.45, 7) is 7.07. The Morgan fingerprint density at radius 3 is 0.761 bits per heavy atom. The van der Waals surface area contributed by atoms with Gasteiger partial charge in [-0.25, -0.2) is 0 Å². The maximum absolute atomic E-state index is 2.39. The first-order valence-corrected chi connectivity index (χ1v) is 20.3. The number of hydrogen-bond donors (Lipinski definition) is 0. The standard InChI is InChI=1S/C44H76N.ClH/c1-3-5-7-9-11-13-15-17-19-21-23-25-27-35-41-45(43-37-31-29-32-38-43,44-39-33-30-34-40-44)42-36-28-26-24-22-20-18-16-14-12-10-8-6-4-2;/h29-34,37-40H,3-28,35-36,41-42H2,1-2H3;1H/q+1;/p-1. The number of rotatable bonds is 32. The fraction of sp³-hybridized carbons (Fsp3) is 0.727. The molecular formula is C44H76ClN. The SMILES string of the molecule is CCCCCCCCCCCCCCCC[N+](CCCCCCCCCCCCCCCC)(c1ccccc1)c1ccccc1.[Cl-]. The number of nitrogens with zero attached hydrogens (tertiary/aromatic N) is 1. The predicted octanol–water partition coefficient (Wildman–Crippen LogP) is 12.3. The first-order valence-electron chi connectivity index (χ1n) is 20.3. The molecule has 0 radical (unpaired) electrons. The second kappa shape index (κ2) is 31.0. The molecule has 0 aliphatic carbocycles. The third-order valence-electron chi connectivity index (χ3n) is 10.3. The number of para-hydroxylation sites is 2. The molecule has 0 unspecified atom stereocenters. The fourth-order valence-electron chi connectivity index (χ4n) is 7.36. The Morgan fingerprint density at radius 1 is 0.304 bits per heavy atom. The van der Waals surface area contributed by atoms with Crippen LogP contribution in [0.3, 0.4) is 0 Å². The highest BCUT2D eigenvalue weighted by Crippen LogP contribution is 2.36. The van der Waals surface area contributed by atoms with Gasteiger partial charge in [-0.05, 0) is 49.9 Å². The summed E-state index contributed by atoms with van der Waals surface area (Å²) in [5.74, 6) is 0. The van der Waals surface area contributed by atoms with E-state index >= 15 is 0 Å². The van der Waals surface area contributed by atoms with Gasteiger partial charge in [0, 0.05) is 0 Å². The van der Waals surface area contributed by atoms with Crippen molar-refractivity contribution in [1.29, 1.82) is 0 Å². The maximum atomic E-state index is 2.39. The molecular weight excluding hydrogens is 578 g/mol. The molecule has 0 amide bonds. The highest BCUT2D eigenvalue weighted by molar-refractivity contribution is 5.58. The van der Waals surface area contributed by atoms with Gasteiger partial charge in [-0.3, -0.25) is 4.48 Å². The predicted molar refractivity (Wildman–Crippen MR) is 205 cm³/mol. The second-order valence-corrected chi connectivity index (χ2v) is 14.3. The summed E-state index contributed by atoms with van der Waals surface area (Å²) >= 11 is 0. The summed E-state index contributed by atoms with van der Waals surface area (Å²) in [5, 5.41) is 0. The van der Waals surface area contributed by atoms with E-state index in [2.05, 4.69) is 74.5 Å². The Hall–Kier alpha value is -1.31. The fourth-order valence-corrected chi connectivity index (χ4v) is 7.36. The summed E-state index contributed by atoms with van der Waals surface area (Å²) in [7, 11) is 0. The van der Waals surface area contributed by atoms with E-state index in [1.165, 1.54) is 204 Å². The van der Waals surface area contributed by atoms with Crippen molar-refractivity contribution in [1.82, 2.24) is 4.48 Å². The molecule has 0 spiro atoms. The van der Waals surface area contributed by atoms with E-state index in [0.29, 0.717) is 0 Å². The molecule has 2 aromatic carbocycles. The average Bonchev–Trinajstić information content (AvgIpc) is 3.08. The molecule has 0 bridgehead atoms. The van der Waals surface area contributed by atoms with Crippen LogP contribution >= 0.6 is 0 Å². The Kier molecular flexibility index (Phi) is 28.8. The van der Waals surface area contributed by atoms with Gasteiger partial charge in [-0.1, -0.05) is 204 Å². The molecule has 0 N–H and O–H groups in total. The monoisotopic (exact) mass is 654 g/mol. The molecule has 46 heavy (non-hydrogen) atoms. The van der Waals surface area contributed by atoms with Crippen LogP contribution < -0.4 is 16.9 Å². The van der Waals surface area contributed by atoms with Crippen LogP contribution in [0.5, 0.6) is 0 Å². The lowest BCUT2D eigenvalue weighted by Gasteiger charge is -2.38. The molecule has 2 rings (SSSR count). The van der Waals surface area contributed by atoms with Gasteiger partial charge in [-0.15, -0.1) is 0 Å². The quantitative estimate of drug-likeness (QED) is 0.0544. The van der Waals surface area contributed by atoms with E-state index in [1.807, 2.05) is 0 Å². The molecule has 0 fully saturated rings. The van der Waals surface area contributed by atoms with Gasteiger partial charge in [0.15, 0.2) is 0 Å². The zero-order valence-electron chi connectivity index (χ0n) is 30.8. The van der Waals surface area contributed by atoms with Crippen LogP contribution in [-0.2, 0) is 0 Å². The summed E-state index contributed by atoms with van der Waals surface area (Å²) in [6, 6.07) is 22.9. The lowest BCUT2D eigenvalue weighted by Crippen LogP contribution is -3.00. The van der Waals surface area contributed by atoms with Crippen molar-refractivity contribution < 1.29 is 12.4 Å². The van der Waals surface area contributed by atoms with E-state index in [0.717, 1.165) is 4.48 Å². The van der Waals surface area contributed by atoms with Crippen LogP contribution in [0.1, 0.15) is 194 Å². The molecule has 0 saturated heterocycles. The van der Waals surface area contributed by atoms with Gasteiger partial charge in [0.05, 0.1) is 13.1 Å². The van der Waals surface area contributed by atoms with Crippen molar-refractivity contribution in [2.24, 2.45) is 0 Å². The van der Waals surface area contributed by atoms with Gasteiger partial charge < -0.3 is 12.4 Å². The largest absolute Gasteiger partial charge is 1.00 e. The van der Waals surface area contributed by atoms with Crippen LogP contribution in [0.4, 0.5) is 11.4 Å². The minimum atomic E-state index is 0. The van der Waals surface area contributed by atoms with E-state index in [1.54, 1.807) is 0 Å². The van der Waals surface area contributed by atoms with Crippen LogP contribution in [0.15, 0.2) is 60.7 Å². The minimum Gasteiger partial charge on any atom is -1.00 e. The van der Waals surface area contributed by atoms with E-state index < -0.39 is 0 Å². The van der Waals surface area contributed by atoms with Crippen molar-refractivity contribution in [3.63, 3.8) is 0 Å². The highest BCUT2D eigenvalue weighted by Gasteiger charge is 2.32. The van der Waals surface area contributed by atoms with E-state index in [-0.39, 0.29) is 12.4 Å². The number of quaternary nitrogens is 1. The van der Waals surface area contributed by atoms with Crippen LogP contribution in [0.2, 0.25) is 0 Å². The highest BCUT2D eigenvalue weighted by atomic mass is 35.5. The van der Waals surface area contributed by atoms with Crippen molar-refractivity contribution in [3.8, 4) is 0 Å². The zero-order valence-corrected chi connectivity index (χ0v) is 31.6. The molecule has 0 aliphatic rings. The van der Waals surface area contributed by atoms with Gasteiger partial charge >= 0.3 is 0 Å². The Labute approximate surface area is 294 Å². The Morgan fingerprint density at radius 2 is 0.522 bits per heavy atom. The second-order valence-electron chi connectivity index (χ2n) is 14.3. The third-order valence-corrected chi connectivity index (χ3v) is 10.3. The molecule has 0 aliphatic heterocycles. The van der Waals surface area contributed by atoms with Crippen LogP contribution in [0, 0.1) is 0 Å². The van der Waals surface area contributed by atoms with Gasteiger partial charge in [0.1, 0.15) is 11.4 Å². The third kappa shape index (κ3) is 20.1. The van der Waals surface area contributed by atoms with Gasteiger partial charge in [0.25, 0.3) is 0 Å². The Balaban J connectivity index is 0.0000106. The number of benzene rings is 2. The summed E-state index contributed by atoms with van der Waals surface area (Å²) in [4.78, 5) is 0. The molecule has 2 heteroatoms. The zero-order chi connectivity index (χ0) is 31.9. The topological polar surface area (TPSA) is 0 Å². The lowest BCUT2D eigenvalue weighted by molar-refractivity contribution is -0.00000964. The van der Waals surface area contributed by atoms with E-state index in [9.17, 15) is 0 Å². The molecule has 0 heterocycles. The van der Waals surface area contributed by atoms with Crippen molar-refractivity contribution in [3.05, 3.63) is 60.7 Å². The number of halogens is 1. The normalized spacial score (nSPS) is 11.5. The first-order chi connectivity index (χ1) is 22.3. The van der Waals surface area contributed by atoms with Crippen LogP contribution in [0.25, 0.3) is 0 Å². The van der Waals surface area contributed by atoms with E-state index in [4.69, 9.17) is 0 Å². The maximum Gasteiger partial charge on any atom is 0.137 e. The van der Waals surface area contributed by atoms with Crippen molar-refractivity contribution in [2.75, 3.05) is 13.1 Å². The molecule has 0 aromatic heterocycles. The van der Waals surface area contributed by atoms with Crippen LogP contribution in [-0.4, -0.2) is 13.1 Å². The van der Waals surface area contributed by atoms with Gasteiger partial charge in [-0.2, -0.15) is 0 Å². The summed E-state index contributed by atoms with van der Waals surface area (Å²) in [5.41, 5.74) is 2.96. The van der Waals surface area contributed by atoms with Crippen molar-refractivity contribution in [2.45, 2.75) is 194 Å². The first kappa shape index (κ1) is 42.7. The molecule has 2 aromatic rings. The summed E-state index contributed by atoms with van der Waals surface area (Å²) < 4.78 is 1.03. The molecule has 264 valence electrons. The number of hydrogen-bond acceptors (Lipinski definition) is 0. The van der Waals surface area contributed by atoms with Crippen molar-refractivity contribution >= 4 is 11.4 Å². The average molecular weight is 655 g/mol. The summed E-state index contributed by atoms with van der Waals surface area (Å²) in [6.07, 6.45) is 39.8. The Bertz CT molecular complexity index is 792. The molecule has 1 nitrogen and oxygen atoms in total. The minimum absolute atomic E-state index is 0. The molecule has 0 atom stereocenters.